The second-order valence-corrected chi connectivity index (χ2v) is 18.0. The molecule has 0 unspecified atom stereocenters. The first-order chi connectivity index (χ1) is 33.7. The van der Waals surface area contributed by atoms with Crippen molar-refractivity contribution in [3.63, 3.8) is 0 Å². The van der Waals surface area contributed by atoms with Gasteiger partial charge in [0.25, 0.3) is 0 Å². The van der Waals surface area contributed by atoms with E-state index in [9.17, 15) is 0 Å². The Kier molecular flexibility index (Phi) is 9.47. The zero-order valence-corrected chi connectivity index (χ0v) is 37.4. The summed E-state index contributed by atoms with van der Waals surface area (Å²) >= 11 is 0. The van der Waals surface area contributed by atoms with Crippen LogP contribution in [0.5, 0.6) is 0 Å². The van der Waals surface area contributed by atoms with Gasteiger partial charge in [-0.25, -0.2) is 0 Å². The first kappa shape index (κ1) is 39.6. The molecule has 0 N–H and O–H groups in total. The van der Waals surface area contributed by atoms with Crippen LogP contribution in [0.15, 0.2) is 273 Å². The van der Waals surface area contributed by atoms with Crippen LogP contribution in [-0.2, 0) is 5.41 Å². The second-order valence-electron chi connectivity index (χ2n) is 18.0. The van der Waals surface area contributed by atoms with Crippen molar-refractivity contribution < 1.29 is 0 Å². The zero-order valence-electron chi connectivity index (χ0n) is 37.4. The Morgan fingerprint density at radius 3 is 1.24 bits per heavy atom. The predicted molar refractivity (Wildman–Crippen MR) is 285 cm³/mol. The second kappa shape index (κ2) is 16.3. The van der Waals surface area contributed by atoms with Gasteiger partial charge in [0.15, 0.2) is 0 Å². The van der Waals surface area contributed by atoms with Gasteiger partial charge in [0, 0.05) is 16.8 Å². The van der Waals surface area contributed by atoms with Gasteiger partial charge in [0.05, 0.1) is 16.8 Å². The maximum Gasteiger partial charge on any atom is 0.0746 e. The molecule has 68 heavy (non-hydrogen) atoms. The molecular formula is C67H45N. The third kappa shape index (κ3) is 6.32. The first-order valence-electron chi connectivity index (χ1n) is 23.6. The molecule has 0 atom stereocenters. The van der Waals surface area contributed by atoms with Crippen LogP contribution in [0.1, 0.15) is 22.3 Å². The van der Waals surface area contributed by atoms with Gasteiger partial charge in [-0.3, -0.25) is 0 Å². The van der Waals surface area contributed by atoms with Gasteiger partial charge in [-0.2, -0.15) is 0 Å². The summed E-state index contributed by atoms with van der Waals surface area (Å²) in [7, 11) is 0. The van der Waals surface area contributed by atoms with E-state index in [-0.39, 0.29) is 0 Å². The average molecular weight is 864 g/mol. The Bertz CT molecular complexity index is 3560. The molecule has 0 aromatic heterocycles. The number of para-hydroxylation sites is 1. The van der Waals surface area contributed by atoms with E-state index < -0.39 is 5.41 Å². The van der Waals surface area contributed by atoms with Crippen molar-refractivity contribution in [3.05, 3.63) is 295 Å². The number of hydrogen-bond acceptors (Lipinski definition) is 1. The van der Waals surface area contributed by atoms with Crippen LogP contribution in [-0.4, -0.2) is 0 Å². The number of rotatable bonds is 8. The fourth-order valence-corrected chi connectivity index (χ4v) is 11.3. The Balaban J connectivity index is 1.10. The fraction of sp³-hybridized carbons (Fsp3) is 0.0149. The minimum absolute atomic E-state index is 0.638. The third-order valence-corrected chi connectivity index (χ3v) is 14.2. The van der Waals surface area contributed by atoms with Crippen LogP contribution in [0.4, 0.5) is 17.1 Å². The van der Waals surface area contributed by atoms with Crippen LogP contribution in [0.2, 0.25) is 0 Å². The molecule has 1 heteroatoms. The molecule has 0 radical (unpaired) electrons. The summed E-state index contributed by atoms with van der Waals surface area (Å²) in [5, 5.41) is 0. The molecule has 1 spiro atoms. The van der Waals surface area contributed by atoms with E-state index in [1.165, 1.54) is 100 Å². The van der Waals surface area contributed by atoms with Crippen molar-refractivity contribution in [1.82, 2.24) is 0 Å². The predicted octanol–water partition coefficient (Wildman–Crippen LogP) is 17.8. The highest BCUT2D eigenvalue weighted by atomic mass is 15.1. The zero-order chi connectivity index (χ0) is 45.0. The van der Waals surface area contributed by atoms with Crippen molar-refractivity contribution >= 4 is 17.1 Å². The van der Waals surface area contributed by atoms with Crippen LogP contribution >= 0.6 is 0 Å². The minimum Gasteiger partial charge on any atom is -0.309 e. The van der Waals surface area contributed by atoms with Gasteiger partial charge in [-0.05, 0) is 138 Å². The molecule has 2 aliphatic carbocycles. The standard InChI is InChI=1S/C67H45N/c1-5-21-46(22-6-1)50-29-19-30-55(44-50)68(64-37-18-15-31-56(64)49-27-11-4-12-28-49)65-38-20-34-60-59-40-39-51(54-42-52(47-23-7-2-8-24-47)41-53(43-54)48-25-9-3-10-26-48)45-63(59)67(66(60)65)61-35-16-13-32-57(61)58-33-14-17-36-62(58)67/h1-45H. The molecule has 13 rings (SSSR count). The molecule has 318 valence electrons. The normalized spacial score (nSPS) is 12.5. The summed E-state index contributed by atoms with van der Waals surface area (Å²) in [6, 6.07) is 101. The molecule has 0 bridgehead atoms. The number of anilines is 3. The monoisotopic (exact) mass is 863 g/mol. The van der Waals surface area contributed by atoms with Crippen LogP contribution < -0.4 is 4.90 Å². The molecule has 11 aromatic carbocycles. The van der Waals surface area contributed by atoms with E-state index in [0.717, 1.165) is 17.1 Å². The van der Waals surface area contributed by atoms with Crippen LogP contribution in [0, 0.1) is 0 Å². The number of benzene rings is 11. The first-order valence-corrected chi connectivity index (χ1v) is 23.6. The fourth-order valence-electron chi connectivity index (χ4n) is 11.3. The highest BCUT2D eigenvalue weighted by Gasteiger charge is 2.53. The van der Waals surface area contributed by atoms with E-state index in [2.05, 4.69) is 278 Å². The van der Waals surface area contributed by atoms with Gasteiger partial charge in [0.1, 0.15) is 0 Å². The molecule has 0 saturated carbocycles. The van der Waals surface area contributed by atoms with Crippen molar-refractivity contribution in [2.45, 2.75) is 5.41 Å². The van der Waals surface area contributed by atoms with E-state index >= 15 is 0 Å². The van der Waals surface area contributed by atoms with Crippen LogP contribution in [0.25, 0.3) is 77.9 Å². The Labute approximate surface area is 398 Å². The average Bonchev–Trinajstić information content (AvgIpc) is 3.89. The molecule has 0 saturated heterocycles. The smallest absolute Gasteiger partial charge is 0.0746 e. The largest absolute Gasteiger partial charge is 0.309 e. The highest BCUT2D eigenvalue weighted by Crippen LogP contribution is 2.66. The lowest BCUT2D eigenvalue weighted by Gasteiger charge is -2.36. The molecule has 0 aliphatic heterocycles. The molecule has 0 amide bonds. The van der Waals surface area contributed by atoms with Crippen molar-refractivity contribution in [2.75, 3.05) is 4.90 Å². The van der Waals surface area contributed by atoms with E-state index in [0.29, 0.717) is 0 Å². The van der Waals surface area contributed by atoms with E-state index in [4.69, 9.17) is 0 Å². The number of nitrogens with zero attached hydrogens (tertiary/aromatic N) is 1. The summed E-state index contributed by atoms with van der Waals surface area (Å²) in [6.07, 6.45) is 0. The van der Waals surface area contributed by atoms with Gasteiger partial charge < -0.3 is 4.90 Å². The Morgan fingerprint density at radius 1 is 0.221 bits per heavy atom. The lowest BCUT2D eigenvalue weighted by atomic mass is 9.69. The summed E-state index contributed by atoms with van der Waals surface area (Å²) in [5.41, 5.74) is 24.9. The SMILES string of the molecule is c1ccc(-c2cc(-c3ccccc3)cc(-c3ccc4c(c3)C3(c5ccccc5-c5ccccc53)c3c-4cccc3N(c3cccc(-c4ccccc4)c3)c3ccccc3-c3ccccc3)c2)cc1. The molecule has 0 fully saturated rings. The van der Waals surface area contributed by atoms with E-state index in [1.807, 2.05) is 0 Å². The Hall–Kier alpha value is -8.78. The third-order valence-electron chi connectivity index (χ3n) is 14.2. The van der Waals surface area contributed by atoms with Crippen molar-refractivity contribution in [3.8, 4) is 77.9 Å². The number of hydrogen-bond donors (Lipinski definition) is 0. The number of fused-ring (bicyclic) bond motifs is 10. The van der Waals surface area contributed by atoms with Crippen molar-refractivity contribution in [2.24, 2.45) is 0 Å². The lowest BCUT2D eigenvalue weighted by molar-refractivity contribution is 0.793. The topological polar surface area (TPSA) is 3.24 Å². The molecule has 1 nitrogen and oxygen atoms in total. The van der Waals surface area contributed by atoms with Crippen molar-refractivity contribution in [1.29, 1.82) is 0 Å². The summed E-state index contributed by atoms with van der Waals surface area (Å²) in [4.78, 5) is 2.54. The van der Waals surface area contributed by atoms with Gasteiger partial charge in [-0.1, -0.05) is 224 Å². The summed E-state index contributed by atoms with van der Waals surface area (Å²) < 4.78 is 0. The lowest BCUT2D eigenvalue weighted by Crippen LogP contribution is -2.28. The summed E-state index contributed by atoms with van der Waals surface area (Å²) in [6.45, 7) is 0. The maximum absolute atomic E-state index is 2.54. The summed E-state index contributed by atoms with van der Waals surface area (Å²) in [5.74, 6) is 0. The van der Waals surface area contributed by atoms with Crippen LogP contribution in [0.3, 0.4) is 0 Å². The van der Waals surface area contributed by atoms with Gasteiger partial charge in [0.2, 0.25) is 0 Å². The molecule has 0 heterocycles. The van der Waals surface area contributed by atoms with Gasteiger partial charge in [-0.15, -0.1) is 0 Å². The van der Waals surface area contributed by atoms with E-state index in [1.54, 1.807) is 0 Å². The Morgan fingerprint density at radius 2 is 0.632 bits per heavy atom. The van der Waals surface area contributed by atoms with Gasteiger partial charge >= 0.3 is 0 Å². The molecule has 2 aliphatic rings. The minimum atomic E-state index is -0.638. The molecule has 11 aromatic rings. The highest BCUT2D eigenvalue weighted by molar-refractivity contribution is 6.02. The molecular weight excluding hydrogens is 819 g/mol. The maximum atomic E-state index is 2.54. The quantitative estimate of drug-likeness (QED) is 0.147.